The minimum absolute atomic E-state index is 0.177. The number of aromatic nitrogens is 1. The second kappa shape index (κ2) is 4.48. The van der Waals surface area contributed by atoms with Gasteiger partial charge in [0, 0.05) is 11.9 Å². The van der Waals surface area contributed by atoms with Gasteiger partial charge in [0.1, 0.15) is 0 Å². The zero-order chi connectivity index (χ0) is 12.5. The van der Waals surface area contributed by atoms with Crippen LogP contribution in [0.4, 0.5) is 0 Å². The zero-order valence-electron chi connectivity index (χ0n) is 10.6. The van der Waals surface area contributed by atoms with Gasteiger partial charge in [-0.05, 0) is 50.3 Å². The van der Waals surface area contributed by atoms with E-state index in [1.807, 2.05) is 31.3 Å². The number of aryl methyl sites for hydroxylation is 1. The van der Waals surface area contributed by atoms with Gasteiger partial charge in [0.15, 0.2) is 0 Å². The van der Waals surface area contributed by atoms with Gasteiger partial charge in [0.05, 0.1) is 17.7 Å². The van der Waals surface area contributed by atoms with Crippen LogP contribution in [0, 0.1) is 0 Å². The standard InChI is InChI=1S/C15H17NO2/c1-2-18-15(17)14-11-7-3-4-8-12(11)16-10-6-5-9-13(14)16/h5-6,9-10H,2-4,7-8H2,1H3. The lowest BCUT2D eigenvalue weighted by Gasteiger charge is -2.12. The molecule has 3 rings (SSSR count). The highest BCUT2D eigenvalue weighted by atomic mass is 16.5. The molecule has 2 heterocycles. The van der Waals surface area contributed by atoms with Gasteiger partial charge >= 0.3 is 5.97 Å². The van der Waals surface area contributed by atoms with Crippen LogP contribution in [0.15, 0.2) is 24.4 Å². The number of fused-ring (bicyclic) bond motifs is 3. The molecule has 94 valence electrons. The molecular formula is C15H17NO2. The van der Waals surface area contributed by atoms with Gasteiger partial charge in [0.2, 0.25) is 0 Å². The van der Waals surface area contributed by atoms with Crippen LogP contribution >= 0.6 is 0 Å². The molecule has 0 atom stereocenters. The lowest BCUT2D eigenvalue weighted by Crippen LogP contribution is -2.09. The van der Waals surface area contributed by atoms with Crippen LogP contribution in [0.3, 0.4) is 0 Å². The summed E-state index contributed by atoms with van der Waals surface area (Å²) < 4.78 is 7.36. The molecule has 0 fully saturated rings. The summed E-state index contributed by atoms with van der Waals surface area (Å²) in [5, 5.41) is 0. The first-order valence-corrected chi connectivity index (χ1v) is 6.61. The monoisotopic (exact) mass is 243 g/mol. The summed E-state index contributed by atoms with van der Waals surface area (Å²) in [4.78, 5) is 12.2. The molecule has 0 aromatic carbocycles. The summed E-state index contributed by atoms with van der Waals surface area (Å²) in [7, 11) is 0. The first-order chi connectivity index (χ1) is 8.83. The molecule has 3 heteroatoms. The Morgan fingerprint density at radius 3 is 3.00 bits per heavy atom. The van der Waals surface area contributed by atoms with Gasteiger partial charge in [-0.25, -0.2) is 4.79 Å². The van der Waals surface area contributed by atoms with Crippen LogP contribution in [0.5, 0.6) is 0 Å². The second-order valence-electron chi connectivity index (χ2n) is 4.68. The van der Waals surface area contributed by atoms with Gasteiger partial charge in [-0.2, -0.15) is 0 Å². The number of nitrogens with zero attached hydrogens (tertiary/aromatic N) is 1. The van der Waals surface area contributed by atoms with Gasteiger partial charge in [0.25, 0.3) is 0 Å². The topological polar surface area (TPSA) is 30.7 Å². The lowest BCUT2D eigenvalue weighted by atomic mass is 9.95. The molecule has 0 N–H and O–H groups in total. The Hall–Kier alpha value is -1.77. The third kappa shape index (κ3) is 1.62. The fourth-order valence-corrected chi connectivity index (χ4v) is 2.89. The van der Waals surface area contributed by atoms with Crippen molar-refractivity contribution < 1.29 is 9.53 Å². The van der Waals surface area contributed by atoms with E-state index >= 15 is 0 Å². The van der Waals surface area contributed by atoms with Gasteiger partial charge in [-0.15, -0.1) is 0 Å². The van der Waals surface area contributed by atoms with Gasteiger partial charge in [-0.1, -0.05) is 6.07 Å². The highest BCUT2D eigenvalue weighted by Gasteiger charge is 2.25. The SMILES string of the molecule is CCOC(=O)c1c2c(n3ccccc13)CCCC2. The largest absolute Gasteiger partial charge is 0.462 e. The Morgan fingerprint density at radius 1 is 1.33 bits per heavy atom. The normalized spacial score (nSPS) is 14.5. The molecule has 18 heavy (non-hydrogen) atoms. The van der Waals surface area contributed by atoms with Crippen molar-refractivity contribution in [3.05, 3.63) is 41.2 Å². The molecule has 3 nitrogen and oxygen atoms in total. The van der Waals surface area contributed by atoms with Crippen LogP contribution < -0.4 is 0 Å². The number of hydrogen-bond acceptors (Lipinski definition) is 2. The molecule has 1 aliphatic carbocycles. The first kappa shape index (κ1) is 11.3. The van der Waals surface area contributed by atoms with Crippen LogP contribution in [-0.2, 0) is 17.6 Å². The van der Waals surface area contributed by atoms with Crippen LogP contribution in [0.1, 0.15) is 41.4 Å². The molecule has 2 aromatic rings. The Kier molecular flexibility index (Phi) is 2.82. The predicted octanol–water partition coefficient (Wildman–Crippen LogP) is 2.99. The summed E-state index contributed by atoms with van der Waals surface area (Å²) in [5.74, 6) is -0.177. The quantitative estimate of drug-likeness (QED) is 0.759. The molecule has 0 spiro atoms. The second-order valence-corrected chi connectivity index (χ2v) is 4.68. The molecule has 0 radical (unpaired) electrons. The summed E-state index contributed by atoms with van der Waals surface area (Å²) in [6.07, 6.45) is 6.46. The fraction of sp³-hybridized carbons (Fsp3) is 0.400. The van der Waals surface area contributed by atoms with E-state index in [-0.39, 0.29) is 5.97 Å². The summed E-state index contributed by atoms with van der Waals surface area (Å²) in [6.45, 7) is 2.28. The van der Waals surface area contributed by atoms with E-state index in [1.54, 1.807) is 0 Å². The smallest absolute Gasteiger partial charge is 0.340 e. The third-order valence-corrected chi connectivity index (χ3v) is 3.63. The minimum atomic E-state index is -0.177. The van der Waals surface area contributed by atoms with E-state index in [0.717, 1.165) is 30.3 Å². The predicted molar refractivity (Wildman–Crippen MR) is 70.0 cm³/mol. The van der Waals surface area contributed by atoms with Gasteiger partial charge < -0.3 is 9.14 Å². The Morgan fingerprint density at radius 2 is 2.17 bits per heavy atom. The summed E-state index contributed by atoms with van der Waals surface area (Å²) in [5.41, 5.74) is 4.26. The number of carbonyl (C=O) groups is 1. The Bertz CT molecular complexity index is 598. The molecular weight excluding hydrogens is 226 g/mol. The zero-order valence-corrected chi connectivity index (χ0v) is 10.6. The number of carbonyl (C=O) groups excluding carboxylic acids is 1. The molecule has 0 unspecified atom stereocenters. The number of ether oxygens (including phenoxy) is 1. The maximum absolute atomic E-state index is 12.2. The highest BCUT2D eigenvalue weighted by Crippen LogP contribution is 2.30. The molecule has 0 aliphatic heterocycles. The highest BCUT2D eigenvalue weighted by molar-refractivity contribution is 5.99. The van der Waals surface area contributed by atoms with Crippen molar-refractivity contribution in [2.45, 2.75) is 32.6 Å². The van der Waals surface area contributed by atoms with Crippen molar-refractivity contribution in [2.75, 3.05) is 6.61 Å². The Labute approximate surface area is 106 Å². The Balaban J connectivity index is 2.25. The summed E-state index contributed by atoms with van der Waals surface area (Å²) >= 11 is 0. The van der Waals surface area contributed by atoms with E-state index in [1.165, 1.54) is 17.7 Å². The van der Waals surface area contributed by atoms with Gasteiger partial charge in [-0.3, -0.25) is 0 Å². The van der Waals surface area contributed by atoms with E-state index in [0.29, 0.717) is 6.61 Å². The van der Waals surface area contributed by atoms with Crippen molar-refractivity contribution >= 4 is 11.5 Å². The average molecular weight is 243 g/mol. The molecule has 0 amide bonds. The third-order valence-electron chi connectivity index (χ3n) is 3.63. The van der Waals surface area contributed by atoms with Crippen LogP contribution in [0.25, 0.3) is 5.52 Å². The average Bonchev–Trinajstić information content (AvgIpc) is 2.73. The fourth-order valence-electron chi connectivity index (χ4n) is 2.89. The molecule has 1 aliphatic rings. The van der Waals surface area contributed by atoms with E-state index in [2.05, 4.69) is 4.40 Å². The number of rotatable bonds is 2. The number of esters is 1. The van der Waals surface area contributed by atoms with E-state index in [4.69, 9.17) is 4.74 Å². The van der Waals surface area contributed by atoms with Crippen molar-refractivity contribution in [1.29, 1.82) is 0 Å². The number of hydrogen-bond donors (Lipinski definition) is 0. The van der Waals surface area contributed by atoms with Crippen molar-refractivity contribution in [1.82, 2.24) is 4.40 Å². The van der Waals surface area contributed by atoms with E-state index in [9.17, 15) is 4.79 Å². The van der Waals surface area contributed by atoms with E-state index < -0.39 is 0 Å². The molecule has 0 saturated carbocycles. The maximum atomic E-state index is 12.2. The van der Waals surface area contributed by atoms with Crippen LogP contribution in [-0.4, -0.2) is 17.0 Å². The lowest BCUT2D eigenvalue weighted by molar-refractivity contribution is 0.0527. The van der Waals surface area contributed by atoms with Crippen molar-refractivity contribution in [3.8, 4) is 0 Å². The number of pyridine rings is 1. The first-order valence-electron chi connectivity index (χ1n) is 6.61. The minimum Gasteiger partial charge on any atom is -0.462 e. The van der Waals surface area contributed by atoms with Crippen molar-refractivity contribution in [2.24, 2.45) is 0 Å². The van der Waals surface area contributed by atoms with Crippen molar-refractivity contribution in [3.63, 3.8) is 0 Å². The molecule has 2 aromatic heterocycles. The summed E-state index contributed by atoms with van der Waals surface area (Å²) in [6, 6.07) is 5.99. The maximum Gasteiger partial charge on any atom is 0.340 e. The molecule has 0 bridgehead atoms. The van der Waals surface area contributed by atoms with Crippen LogP contribution in [0.2, 0.25) is 0 Å². The molecule has 0 saturated heterocycles.